The van der Waals surface area contributed by atoms with Gasteiger partial charge in [-0.2, -0.15) is 32.1 Å². The van der Waals surface area contributed by atoms with Crippen molar-refractivity contribution in [3.63, 3.8) is 0 Å². The highest BCUT2D eigenvalue weighted by Crippen LogP contribution is 2.69. The van der Waals surface area contributed by atoms with Crippen LogP contribution in [0.1, 0.15) is 72.0 Å². The van der Waals surface area contributed by atoms with Crippen LogP contribution in [0.15, 0.2) is 48.5 Å². The molecule has 0 saturated heterocycles. The second-order valence-corrected chi connectivity index (χ2v) is 13.3. The van der Waals surface area contributed by atoms with E-state index in [1.165, 1.54) is 26.0 Å². The number of hydrogen-bond donors (Lipinski definition) is 4. The van der Waals surface area contributed by atoms with Crippen LogP contribution in [0.3, 0.4) is 0 Å². The van der Waals surface area contributed by atoms with Crippen LogP contribution >= 0.6 is 0 Å². The van der Waals surface area contributed by atoms with Crippen molar-refractivity contribution >= 4 is 22.6 Å². The fourth-order valence-corrected chi connectivity index (χ4v) is 7.02. The zero-order valence-corrected chi connectivity index (χ0v) is 26.8. The Kier molecular flexibility index (Phi) is 7.71. The van der Waals surface area contributed by atoms with Gasteiger partial charge >= 0.3 is 6.18 Å². The summed E-state index contributed by atoms with van der Waals surface area (Å²) in [6.45, 7) is 2.81. The summed E-state index contributed by atoms with van der Waals surface area (Å²) in [5, 5.41) is 21.2. The number of anilines is 1. The first kappa shape index (κ1) is 34.0. The van der Waals surface area contributed by atoms with E-state index < -0.39 is 82.4 Å². The normalized spacial score (nSPS) is 18.9. The van der Waals surface area contributed by atoms with Gasteiger partial charge in [0.05, 0.1) is 11.2 Å². The molecule has 1 amide bonds. The summed E-state index contributed by atoms with van der Waals surface area (Å²) in [7, 11) is 0. The highest BCUT2D eigenvalue weighted by molar-refractivity contribution is 5.99. The van der Waals surface area contributed by atoms with Gasteiger partial charge in [0.2, 0.25) is 5.91 Å². The minimum Gasteiger partial charge on any atom is -0.382 e. The molecule has 2 aromatic carbocycles. The number of amides is 1. The van der Waals surface area contributed by atoms with E-state index in [2.05, 4.69) is 32.1 Å². The number of nitrogens with one attached hydrogen (secondary N) is 1. The second kappa shape index (κ2) is 11.6. The van der Waals surface area contributed by atoms with Crippen LogP contribution in [0, 0.1) is 29.4 Å². The molecule has 1 saturated carbocycles. The number of H-pyrrole nitrogens is 1. The first-order valence-corrected chi connectivity index (χ1v) is 15.7. The van der Waals surface area contributed by atoms with E-state index in [0.717, 1.165) is 12.1 Å². The zero-order chi connectivity index (χ0) is 36.8. The van der Waals surface area contributed by atoms with Crippen LogP contribution in [0.5, 0.6) is 0 Å². The molecule has 16 heteroatoms. The van der Waals surface area contributed by atoms with Crippen molar-refractivity contribution in [3.8, 4) is 23.0 Å². The number of halogens is 7. The molecule has 1 fully saturated rings. The number of fused-ring (bicyclic) bond motifs is 4. The topological polar surface area (TPSA) is 149 Å². The van der Waals surface area contributed by atoms with Gasteiger partial charge in [-0.1, -0.05) is 18.1 Å². The predicted molar refractivity (Wildman–Crippen MR) is 170 cm³/mol. The van der Waals surface area contributed by atoms with E-state index in [0.29, 0.717) is 27.2 Å². The molecule has 3 heterocycles. The number of benzene rings is 2. The zero-order valence-electron chi connectivity index (χ0n) is 26.8. The summed E-state index contributed by atoms with van der Waals surface area (Å²) < 4.78 is 104. The number of carbonyl (C=O) groups excluding carboxylic acids is 1. The molecule has 0 aliphatic heterocycles. The van der Waals surface area contributed by atoms with Crippen molar-refractivity contribution in [3.05, 3.63) is 94.1 Å². The minimum atomic E-state index is -5.17. The number of aromatic amines is 1. The van der Waals surface area contributed by atoms with E-state index >= 15 is 8.78 Å². The molecule has 264 valence electrons. The predicted octanol–water partition coefficient (Wildman–Crippen LogP) is 6.08. The molecule has 0 spiro atoms. The summed E-state index contributed by atoms with van der Waals surface area (Å²) in [4.78, 5) is 18.2. The molecule has 1 unspecified atom stereocenters. The third-order valence-corrected chi connectivity index (χ3v) is 9.16. The van der Waals surface area contributed by atoms with Gasteiger partial charge in [-0.25, -0.2) is 18.4 Å². The van der Waals surface area contributed by atoms with E-state index in [9.17, 15) is 31.9 Å². The number of carbonyl (C=O) groups is 1. The Hall–Kier alpha value is -5.43. The Bertz CT molecular complexity index is 2280. The van der Waals surface area contributed by atoms with Gasteiger partial charge in [0.25, 0.3) is 5.92 Å². The van der Waals surface area contributed by atoms with Crippen LogP contribution < -0.4 is 11.5 Å². The van der Waals surface area contributed by atoms with Crippen molar-refractivity contribution in [2.75, 3.05) is 5.73 Å². The van der Waals surface area contributed by atoms with E-state index in [4.69, 9.17) is 11.5 Å². The maximum Gasteiger partial charge on any atom is 0.435 e. The number of hydrogen-bond acceptors (Lipinski definition) is 6. The van der Waals surface area contributed by atoms with Crippen LogP contribution in [0.25, 0.3) is 22.0 Å². The number of alkyl halides is 5. The first-order chi connectivity index (χ1) is 23.8. The van der Waals surface area contributed by atoms with E-state index in [1.807, 2.05) is 0 Å². The molecular weight excluding hydrogens is 683 g/mol. The fraction of sp³-hybridized carbons (Fsp3) is 0.314. The number of nitrogens with zero attached hydrogens (tertiary/aromatic N) is 4. The number of para-hydroxylation sites is 1. The summed E-state index contributed by atoms with van der Waals surface area (Å²) in [5.74, 6) is -5.93. The number of rotatable bonds is 7. The summed E-state index contributed by atoms with van der Waals surface area (Å²) in [6.07, 6.45) is -5.91. The van der Waals surface area contributed by atoms with Gasteiger partial charge in [-0.05, 0) is 74.4 Å². The van der Waals surface area contributed by atoms with Crippen molar-refractivity contribution < 1.29 is 40.6 Å². The molecule has 9 nitrogen and oxygen atoms in total. The Balaban J connectivity index is 1.54. The molecule has 7 rings (SSSR count). The standard InChI is InChI=1S/C35H28F7N7O2/c1-33(2,51)9-8-18-6-7-20(19-4-3-5-21-27(19)46-47-31(21)43)26(45-18)23(12-15-10-16(36)13-17(37)11-15)28(32(44)50)49-30-25(29(48-49)35(40,41)42)22-14-24(22)34(30,38)39/h3-7,10-11,13,22-24,28,51H,12,14H2,1-2H3,(H2,44,50)(H3,43,46,47)/t22-,23+,24+,28?/m0/s1. The molecule has 6 N–H and O–H groups in total. The minimum absolute atomic E-state index is 0.000864. The number of primary amides is 1. The smallest absolute Gasteiger partial charge is 0.382 e. The molecule has 51 heavy (non-hydrogen) atoms. The molecule has 2 aliphatic carbocycles. The molecule has 2 aliphatic rings. The second-order valence-electron chi connectivity index (χ2n) is 13.3. The van der Waals surface area contributed by atoms with Crippen LogP contribution in [0.2, 0.25) is 0 Å². The number of nitrogens with two attached hydrogens (primary N) is 2. The van der Waals surface area contributed by atoms with Crippen LogP contribution in [0.4, 0.5) is 36.6 Å². The number of aliphatic hydroxyl groups is 1. The summed E-state index contributed by atoms with van der Waals surface area (Å²) in [6, 6.07) is 8.23. The van der Waals surface area contributed by atoms with Gasteiger partial charge < -0.3 is 16.6 Å². The Morgan fingerprint density at radius 1 is 1.12 bits per heavy atom. The van der Waals surface area contributed by atoms with Gasteiger partial charge in [0.1, 0.15) is 34.7 Å². The van der Waals surface area contributed by atoms with Gasteiger partial charge in [-0.15, -0.1) is 0 Å². The lowest BCUT2D eigenvalue weighted by molar-refractivity contribution is -0.142. The molecule has 0 bridgehead atoms. The summed E-state index contributed by atoms with van der Waals surface area (Å²) in [5.41, 5.74) is 7.82. The fourth-order valence-electron chi connectivity index (χ4n) is 7.02. The molecule has 0 radical (unpaired) electrons. The van der Waals surface area contributed by atoms with Crippen molar-refractivity contribution in [1.29, 1.82) is 0 Å². The average molecular weight is 712 g/mol. The van der Waals surface area contributed by atoms with E-state index in [1.54, 1.807) is 18.2 Å². The van der Waals surface area contributed by atoms with E-state index in [-0.39, 0.29) is 34.8 Å². The quantitative estimate of drug-likeness (QED) is 0.119. The van der Waals surface area contributed by atoms with Crippen LogP contribution in [-0.4, -0.2) is 41.6 Å². The van der Waals surface area contributed by atoms with Crippen molar-refractivity contribution in [2.24, 2.45) is 11.7 Å². The third kappa shape index (κ3) is 5.94. The SMILES string of the molecule is CC(C)(O)C#Cc1ccc(-c2cccc3c(N)n[nH]c23)c([C@@H](Cc2cc(F)cc(F)c2)C(C(N)=O)n2nc(C(F)(F)F)c3c2C(F)(F)[C@@H]2C[C@H]32)n1. The van der Waals surface area contributed by atoms with Crippen molar-refractivity contribution in [1.82, 2.24) is 25.0 Å². The molecular formula is C35H28F7N7O2. The van der Waals surface area contributed by atoms with Gasteiger partial charge in [-0.3, -0.25) is 9.89 Å². The lowest BCUT2D eigenvalue weighted by atomic mass is 9.84. The lowest BCUT2D eigenvalue weighted by Gasteiger charge is -2.29. The largest absolute Gasteiger partial charge is 0.435 e. The lowest BCUT2D eigenvalue weighted by Crippen LogP contribution is -2.37. The number of pyridine rings is 1. The Morgan fingerprint density at radius 3 is 2.47 bits per heavy atom. The molecule has 5 aromatic rings. The van der Waals surface area contributed by atoms with Crippen LogP contribution in [-0.2, 0) is 23.3 Å². The number of aromatic nitrogens is 5. The molecule has 4 atom stereocenters. The van der Waals surface area contributed by atoms with Crippen molar-refractivity contribution in [2.45, 2.75) is 62.3 Å². The first-order valence-electron chi connectivity index (χ1n) is 15.7. The summed E-state index contributed by atoms with van der Waals surface area (Å²) >= 11 is 0. The average Bonchev–Trinajstić information content (AvgIpc) is 3.51. The Morgan fingerprint density at radius 2 is 1.82 bits per heavy atom. The van der Waals surface area contributed by atoms with Gasteiger partial charge in [0.15, 0.2) is 11.5 Å². The maximum absolute atomic E-state index is 15.9. The number of nitrogen functional groups attached to an aromatic ring is 1. The molecule has 3 aromatic heterocycles. The highest BCUT2D eigenvalue weighted by atomic mass is 19.4. The Labute approximate surface area is 284 Å². The monoisotopic (exact) mass is 711 g/mol. The van der Waals surface area contributed by atoms with Gasteiger partial charge in [0, 0.05) is 40.0 Å². The highest BCUT2D eigenvalue weighted by Gasteiger charge is 2.69. The third-order valence-electron chi connectivity index (χ3n) is 9.16. The maximum atomic E-state index is 15.9.